The van der Waals surface area contributed by atoms with Crippen molar-refractivity contribution in [1.82, 2.24) is 9.88 Å². The maximum Gasteiger partial charge on any atom is 0.226 e. The quantitative estimate of drug-likeness (QED) is 0.833. The SMILES string of the molecule is O=C(C1CCCCC1)N1CCc2ccccc2C1c1ccncc1. The number of hydrogen-bond donors (Lipinski definition) is 0. The summed E-state index contributed by atoms with van der Waals surface area (Å²) < 4.78 is 0. The first-order valence-electron chi connectivity index (χ1n) is 9.13. The molecule has 1 fully saturated rings. The van der Waals surface area contributed by atoms with Crippen LogP contribution in [0.2, 0.25) is 0 Å². The van der Waals surface area contributed by atoms with Gasteiger partial charge in [-0.2, -0.15) is 0 Å². The molecule has 0 bridgehead atoms. The van der Waals surface area contributed by atoms with E-state index in [1.807, 2.05) is 24.5 Å². The maximum absolute atomic E-state index is 13.3. The van der Waals surface area contributed by atoms with Crippen LogP contribution in [0.15, 0.2) is 48.8 Å². The number of amides is 1. The van der Waals surface area contributed by atoms with Crippen LogP contribution in [0.4, 0.5) is 0 Å². The minimum Gasteiger partial charge on any atom is -0.331 e. The average Bonchev–Trinajstić information content (AvgIpc) is 2.68. The highest BCUT2D eigenvalue weighted by molar-refractivity contribution is 5.80. The van der Waals surface area contributed by atoms with Crippen LogP contribution < -0.4 is 0 Å². The Morgan fingerprint density at radius 1 is 1.00 bits per heavy atom. The summed E-state index contributed by atoms with van der Waals surface area (Å²) in [6, 6.07) is 12.7. The molecular weight excluding hydrogens is 296 g/mol. The molecule has 2 aromatic rings. The molecule has 0 saturated heterocycles. The molecule has 1 aliphatic carbocycles. The zero-order valence-electron chi connectivity index (χ0n) is 14.0. The lowest BCUT2D eigenvalue weighted by Gasteiger charge is -2.40. The Balaban J connectivity index is 1.71. The summed E-state index contributed by atoms with van der Waals surface area (Å²) in [6.07, 6.45) is 10.4. The highest BCUT2D eigenvalue weighted by Gasteiger charge is 2.35. The maximum atomic E-state index is 13.3. The van der Waals surface area contributed by atoms with Gasteiger partial charge in [-0.15, -0.1) is 0 Å². The summed E-state index contributed by atoms with van der Waals surface area (Å²) >= 11 is 0. The smallest absolute Gasteiger partial charge is 0.226 e. The van der Waals surface area contributed by atoms with Crippen LogP contribution in [-0.4, -0.2) is 22.3 Å². The van der Waals surface area contributed by atoms with Crippen LogP contribution in [-0.2, 0) is 11.2 Å². The highest BCUT2D eigenvalue weighted by Crippen LogP contribution is 2.37. The summed E-state index contributed by atoms with van der Waals surface area (Å²) in [4.78, 5) is 19.5. The van der Waals surface area contributed by atoms with Gasteiger partial charge in [-0.05, 0) is 48.1 Å². The number of benzene rings is 1. The van der Waals surface area contributed by atoms with Gasteiger partial charge in [-0.25, -0.2) is 0 Å². The molecule has 4 rings (SSSR count). The van der Waals surface area contributed by atoms with Crippen molar-refractivity contribution in [2.24, 2.45) is 5.92 Å². The van der Waals surface area contributed by atoms with E-state index in [0.717, 1.165) is 25.8 Å². The minimum atomic E-state index is 0.0346. The summed E-state index contributed by atoms with van der Waals surface area (Å²) in [5, 5.41) is 0. The van der Waals surface area contributed by atoms with E-state index in [1.165, 1.54) is 36.0 Å². The third kappa shape index (κ3) is 2.83. The fraction of sp³-hybridized carbons (Fsp3) is 0.429. The molecule has 0 spiro atoms. The van der Waals surface area contributed by atoms with Crippen molar-refractivity contribution in [3.05, 3.63) is 65.5 Å². The van der Waals surface area contributed by atoms with Crippen LogP contribution >= 0.6 is 0 Å². The minimum absolute atomic E-state index is 0.0346. The molecule has 0 radical (unpaired) electrons. The topological polar surface area (TPSA) is 33.2 Å². The first kappa shape index (κ1) is 15.4. The average molecular weight is 320 g/mol. The van der Waals surface area contributed by atoms with E-state index in [1.54, 1.807) is 0 Å². The lowest BCUT2D eigenvalue weighted by Crippen LogP contribution is -2.44. The Morgan fingerprint density at radius 3 is 2.54 bits per heavy atom. The number of nitrogens with zero attached hydrogens (tertiary/aromatic N) is 2. The van der Waals surface area contributed by atoms with E-state index >= 15 is 0 Å². The van der Waals surface area contributed by atoms with Crippen LogP contribution in [0, 0.1) is 5.92 Å². The van der Waals surface area contributed by atoms with Crippen molar-refractivity contribution < 1.29 is 4.79 Å². The van der Waals surface area contributed by atoms with Crippen molar-refractivity contribution >= 4 is 5.91 Å². The molecule has 24 heavy (non-hydrogen) atoms. The number of carbonyl (C=O) groups excluding carboxylic acids is 1. The van der Waals surface area contributed by atoms with Gasteiger partial charge in [-0.1, -0.05) is 43.5 Å². The van der Waals surface area contributed by atoms with E-state index in [-0.39, 0.29) is 12.0 Å². The predicted octanol–water partition coefficient (Wildman–Crippen LogP) is 4.14. The molecule has 3 nitrogen and oxygen atoms in total. The Morgan fingerprint density at radius 2 is 1.75 bits per heavy atom. The third-order valence-corrected chi connectivity index (χ3v) is 5.54. The van der Waals surface area contributed by atoms with Crippen LogP contribution in [0.3, 0.4) is 0 Å². The van der Waals surface area contributed by atoms with Crippen molar-refractivity contribution in [2.45, 2.75) is 44.6 Å². The highest BCUT2D eigenvalue weighted by atomic mass is 16.2. The molecule has 1 aliphatic heterocycles. The lowest BCUT2D eigenvalue weighted by atomic mass is 9.84. The van der Waals surface area contributed by atoms with E-state index in [4.69, 9.17) is 0 Å². The number of carbonyl (C=O) groups is 1. The van der Waals surface area contributed by atoms with Crippen molar-refractivity contribution in [1.29, 1.82) is 0 Å². The lowest BCUT2D eigenvalue weighted by molar-refractivity contribution is -0.138. The Labute approximate surface area is 143 Å². The molecule has 1 amide bonds. The van der Waals surface area contributed by atoms with Crippen LogP contribution in [0.1, 0.15) is 54.8 Å². The Bertz CT molecular complexity index is 707. The van der Waals surface area contributed by atoms with Crippen molar-refractivity contribution in [2.75, 3.05) is 6.54 Å². The van der Waals surface area contributed by atoms with Gasteiger partial charge in [0, 0.05) is 24.9 Å². The molecule has 1 aromatic heterocycles. The van der Waals surface area contributed by atoms with Gasteiger partial charge >= 0.3 is 0 Å². The molecule has 2 aliphatic rings. The van der Waals surface area contributed by atoms with E-state index in [0.29, 0.717) is 5.91 Å². The number of pyridine rings is 1. The Hall–Kier alpha value is -2.16. The second kappa shape index (κ2) is 6.76. The molecule has 2 heterocycles. The van der Waals surface area contributed by atoms with E-state index in [9.17, 15) is 4.79 Å². The van der Waals surface area contributed by atoms with Gasteiger partial charge in [0.1, 0.15) is 0 Å². The molecule has 0 N–H and O–H groups in total. The number of hydrogen-bond acceptors (Lipinski definition) is 2. The van der Waals surface area contributed by atoms with Crippen molar-refractivity contribution in [3.8, 4) is 0 Å². The predicted molar refractivity (Wildman–Crippen MR) is 94.5 cm³/mol. The first-order chi connectivity index (χ1) is 11.8. The molecular formula is C21H24N2O. The summed E-state index contributed by atoms with van der Waals surface area (Å²) in [5.41, 5.74) is 3.81. The van der Waals surface area contributed by atoms with E-state index in [2.05, 4.69) is 34.1 Å². The van der Waals surface area contributed by atoms with Gasteiger partial charge in [0.25, 0.3) is 0 Å². The van der Waals surface area contributed by atoms with E-state index < -0.39 is 0 Å². The monoisotopic (exact) mass is 320 g/mol. The Kier molecular flexibility index (Phi) is 4.33. The van der Waals surface area contributed by atoms with Crippen molar-refractivity contribution in [3.63, 3.8) is 0 Å². The summed E-state index contributed by atoms with van der Waals surface area (Å²) in [5.74, 6) is 0.569. The molecule has 1 aromatic carbocycles. The normalized spacial score (nSPS) is 21.3. The van der Waals surface area contributed by atoms with Crippen LogP contribution in [0.25, 0.3) is 0 Å². The zero-order chi connectivity index (χ0) is 16.4. The molecule has 1 unspecified atom stereocenters. The van der Waals surface area contributed by atoms with Gasteiger partial charge in [0.05, 0.1) is 6.04 Å². The molecule has 1 atom stereocenters. The van der Waals surface area contributed by atoms with Crippen LogP contribution in [0.5, 0.6) is 0 Å². The standard InChI is InChI=1S/C21H24N2O/c24-21(18-7-2-1-3-8-18)23-15-12-16-6-4-5-9-19(16)20(23)17-10-13-22-14-11-17/h4-6,9-11,13-14,18,20H,1-3,7-8,12,15H2. The zero-order valence-corrected chi connectivity index (χ0v) is 14.0. The third-order valence-electron chi connectivity index (χ3n) is 5.54. The second-order valence-corrected chi connectivity index (χ2v) is 7.00. The fourth-order valence-electron chi connectivity index (χ4n) is 4.29. The number of rotatable bonds is 2. The van der Waals surface area contributed by atoms with Gasteiger partial charge in [0.15, 0.2) is 0 Å². The molecule has 124 valence electrons. The summed E-state index contributed by atoms with van der Waals surface area (Å²) in [7, 11) is 0. The van der Waals surface area contributed by atoms with Gasteiger partial charge in [-0.3, -0.25) is 9.78 Å². The number of aromatic nitrogens is 1. The second-order valence-electron chi connectivity index (χ2n) is 7.00. The van der Waals surface area contributed by atoms with Gasteiger partial charge in [0.2, 0.25) is 5.91 Å². The molecule has 3 heteroatoms. The first-order valence-corrected chi connectivity index (χ1v) is 9.13. The fourth-order valence-corrected chi connectivity index (χ4v) is 4.29. The number of fused-ring (bicyclic) bond motifs is 1. The summed E-state index contributed by atoms with van der Waals surface area (Å²) in [6.45, 7) is 0.819. The largest absolute Gasteiger partial charge is 0.331 e. The van der Waals surface area contributed by atoms with Gasteiger partial charge < -0.3 is 4.90 Å². The molecule has 1 saturated carbocycles.